The topological polar surface area (TPSA) is 93.8 Å². The summed E-state index contributed by atoms with van der Waals surface area (Å²) in [7, 11) is 0. The Bertz CT molecular complexity index is 2260. The summed E-state index contributed by atoms with van der Waals surface area (Å²) in [6.45, 7) is 8.02. The Hall–Kier alpha value is -5.94. The van der Waals surface area contributed by atoms with E-state index in [-0.39, 0.29) is 35.7 Å². The van der Waals surface area contributed by atoms with Gasteiger partial charge in [-0.2, -0.15) is 13.2 Å². The van der Waals surface area contributed by atoms with Gasteiger partial charge in [0, 0.05) is 37.8 Å². The van der Waals surface area contributed by atoms with Crippen molar-refractivity contribution in [3.63, 3.8) is 0 Å². The highest BCUT2D eigenvalue weighted by Gasteiger charge is 2.45. The molecule has 0 radical (unpaired) electrons. The Labute approximate surface area is 375 Å². The van der Waals surface area contributed by atoms with Gasteiger partial charge in [-0.3, -0.25) is 14.4 Å². The van der Waals surface area contributed by atoms with Crippen LogP contribution < -0.4 is 20.9 Å². The lowest BCUT2D eigenvalue weighted by Gasteiger charge is -2.43. The summed E-state index contributed by atoms with van der Waals surface area (Å²) >= 11 is 0. The van der Waals surface area contributed by atoms with Gasteiger partial charge in [0.2, 0.25) is 17.7 Å². The van der Waals surface area contributed by atoms with E-state index in [0.717, 1.165) is 66.0 Å². The minimum Gasteiger partial charge on any atom is -0.371 e. The number of carbonyl (C=O) groups is 3. The molecule has 5 aromatic carbocycles. The molecule has 11 heteroatoms. The summed E-state index contributed by atoms with van der Waals surface area (Å²) < 4.78 is 38.7. The number of nitrogens with zero attached hydrogens (tertiary/aromatic N) is 2. The van der Waals surface area contributed by atoms with Gasteiger partial charge in [-0.1, -0.05) is 121 Å². The average Bonchev–Trinajstić information content (AvgIpc) is 3.35. The molecule has 0 unspecified atom stereocenters. The molecule has 0 spiro atoms. The molecule has 0 bridgehead atoms. The Morgan fingerprint density at radius 1 is 0.578 bits per heavy atom. The van der Waals surface area contributed by atoms with Crippen molar-refractivity contribution >= 4 is 23.4 Å². The third kappa shape index (κ3) is 10.7. The number of halogens is 3. The van der Waals surface area contributed by atoms with E-state index >= 15 is 0 Å². The number of nitrogens with one attached hydrogen (secondary N) is 3. The number of rotatable bonds is 10. The van der Waals surface area contributed by atoms with Gasteiger partial charge in [-0.15, -0.1) is 0 Å². The molecule has 3 N–H and O–H groups in total. The number of piperidine rings is 3. The minimum atomic E-state index is -4.36. The van der Waals surface area contributed by atoms with E-state index in [1.54, 1.807) is 0 Å². The van der Waals surface area contributed by atoms with Crippen molar-refractivity contribution in [2.45, 2.75) is 81.5 Å². The van der Waals surface area contributed by atoms with E-state index in [2.05, 4.69) is 40.2 Å². The Kier molecular flexibility index (Phi) is 14.9. The number of alkyl halides is 3. The normalized spacial score (nSPS) is 18.4. The van der Waals surface area contributed by atoms with Crippen LogP contribution in [0.1, 0.15) is 92.3 Å². The lowest BCUT2D eigenvalue weighted by atomic mass is 9.71. The molecule has 5 aromatic rings. The van der Waals surface area contributed by atoms with E-state index in [1.165, 1.54) is 12.1 Å². The van der Waals surface area contributed by atoms with Crippen LogP contribution in [0.4, 0.5) is 18.9 Å². The highest BCUT2D eigenvalue weighted by Crippen LogP contribution is 2.39. The van der Waals surface area contributed by atoms with Crippen LogP contribution >= 0.6 is 0 Å². The van der Waals surface area contributed by atoms with Gasteiger partial charge in [0.1, 0.15) is 0 Å². The molecule has 3 amide bonds. The van der Waals surface area contributed by atoms with Crippen molar-refractivity contribution in [2.24, 2.45) is 5.92 Å². The maximum atomic E-state index is 13.8. The zero-order chi connectivity index (χ0) is 45.2. The fourth-order valence-electron chi connectivity index (χ4n) is 9.59. The average molecular weight is 872 g/mol. The number of hydrogen-bond donors (Lipinski definition) is 3. The predicted octanol–water partition coefficient (Wildman–Crippen LogP) is 9.54. The first-order chi connectivity index (χ1) is 30.9. The van der Waals surface area contributed by atoms with Crippen molar-refractivity contribution in [1.82, 2.24) is 20.9 Å². The van der Waals surface area contributed by atoms with E-state index in [4.69, 9.17) is 0 Å². The number of likely N-dealkylation sites (tertiary alicyclic amines) is 1. The second kappa shape index (κ2) is 20.7. The van der Waals surface area contributed by atoms with E-state index in [0.29, 0.717) is 51.9 Å². The third-order valence-electron chi connectivity index (χ3n) is 13.6. The number of hydrogen-bond acceptors (Lipinski definition) is 5. The molecule has 2 atom stereocenters. The molecule has 3 aliphatic rings. The van der Waals surface area contributed by atoms with Gasteiger partial charge >= 0.3 is 6.18 Å². The van der Waals surface area contributed by atoms with Gasteiger partial charge in [-0.25, -0.2) is 0 Å². The smallest absolute Gasteiger partial charge is 0.371 e. The first-order valence-corrected chi connectivity index (χ1v) is 22.6. The number of amides is 3. The first kappa shape index (κ1) is 46.1. The van der Waals surface area contributed by atoms with Crippen LogP contribution in [-0.2, 0) is 31.4 Å². The maximum absolute atomic E-state index is 13.8. The van der Waals surface area contributed by atoms with E-state index in [1.807, 2.05) is 121 Å². The SMILES string of the molecule is C[C@H](NC(=O)C1(c2ccccc2)CCN(C(=O)C2CCN(c3ccc(C(F)(F)F)cc3)CC2)CC1)c1ccccc1.C[C@H](NC(=O)C1(c2ccccc2)CCNCC1)c1ccccc1. The quantitative estimate of drug-likeness (QED) is 0.130. The second-order valence-electron chi connectivity index (χ2n) is 17.5. The summed E-state index contributed by atoms with van der Waals surface area (Å²) in [4.78, 5) is 44.5. The molecule has 336 valence electrons. The van der Waals surface area contributed by atoms with Crippen molar-refractivity contribution in [1.29, 1.82) is 0 Å². The Morgan fingerprint density at radius 2 is 0.984 bits per heavy atom. The monoisotopic (exact) mass is 871 g/mol. The molecule has 3 heterocycles. The lowest BCUT2D eigenvalue weighted by molar-refractivity contribution is -0.141. The van der Waals surface area contributed by atoms with Gasteiger partial charge < -0.3 is 25.8 Å². The van der Waals surface area contributed by atoms with Crippen LogP contribution in [0.25, 0.3) is 0 Å². The second-order valence-corrected chi connectivity index (χ2v) is 17.5. The summed E-state index contributed by atoms with van der Waals surface area (Å²) in [5, 5.41) is 9.84. The van der Waals surface area contributed by atoms with Crippen LogP contribution in [0.3, 0.4) is 0 Å². The molecule has 3 aliphatic heterocycles. The zero-order valence-corrected chi connectivity index (χ0v) is 36.8. The van der Waals surface area contributed by atoms with E-state index in [9.17, 15) is 27.6 Å². The minimum absolute atomic E-state index is 0.0131. The molecule has 64 heavy (non-hydrogen) atoms. The number of benzene rings is 5. The van der Waals surface area contributed by atoms with Gasteiger partial charge in [0.25, 0.3) is 0 Å². The highest BCUT2D eigenvalue weighted by molar-refractivity contribution is 5.90. The van der Waals surface area contributed by atoms with Gasteiger partial charge in [0.15, 0.2) is 0 Å². The van der Waals surface area contributed by atoms with Gasteiger partial charge in [0.05, 0.1) is 28.5 Å². The largest absolute Gasteiger partial charge is 0.416 e. The molecular weight excluding hydrogens is 812 g/mol. The van der Waals surface area contributed by atoms with Gasteiger partial charge in [-0.05, 0) is 112 Å². The molecule has 0 aromatic heterocycles. The zero-order valence-electron chi connectivity index (χ0n) is 36.8. The van der Waals surface area contributed by atoms with Crippen molar-refractivity contribution in [3.05, 3.63) is 173 Å². The summed E-state index contributed by atoms with van der Waals surface area (Å²) in [5.74, 6) is 0.104. The fraction of sp³-hybridized carbons (Fsp3) is 0.377. The van der Waals surface area contributed by atoms with Crippen LogP contribution in [0.5, 0.6) is 0 Å². The third-order valence-corrected chi connectivity index (χ3v) is 13.6. The Morgan fingerprint density at radius 3 is 1.41 bits per heavy atom. The van der Waals surface area contributed by atoms with Crippen molar-refractivity contribution in [2.75, 3.05) is 44.2 Å². The molecule has 0 saturated carbocycles. The molecule has 3 fully saturated rings. The molecular formula is C53H60F3N5O3. The Balaban J connectivity index is 0.000000225. The maximum Gasteiger partial charge on any atom is 0.416 e. The van der Waals surface area contributed by atoms with Crippen LogP contribution in [0.15, 0.2) is 146 Å². The molecule has 8 nitrogen and oxygen atoms in total. The molecule has 8 rings (SSSR count). The predicted molar refractivity (Wildman–Crippen MR) is 247 cm³/mol. The fourth-order valence-corrected chi connectivity index (χ4v) is 9.59. The van der Waals surface area contributed by atoms with Crippen LogP contribution in [0, 0.1) is 5.92 Å². The van der Waals surface area contributed by atoms with Crippen LogP contribution in [0.2, 0.25) is 0 Å². The summed E-state index contributed by atoms with van der Waals surface area (Å²) in [6.07, 6.45) is -0.300. The standard InChI is InChI=1S/C33H36F3N3O2.C20H24N2O/c1-24(25-8-4-2-5-9-25)37-31(41)32(27-10-6-3-7-11-27)18-22-39(23-19-32)30(40)26-16-20-38(21-17-26)29-14-12-28(13-15-29)33(34,35)36;1-16(17-8-4-2-5-9-17)22-19(23)20(12-14-21-15-13-20)18-10-6-3-7-11-18/h2-15,24,26H,16-23H2,1H3,(H,37,41);2-11,16,21H,12-15H2,1H3,(H,22,23)/t24-;16-/m00/s1. The van der Waals surface area contributed by atoms with E-state index < -0.39 is 22.6 Å². The number of carbonyl (C=O) groups excluding carboxylic acids is 3. The van der Waals surface area contributed by atoms with Crippen LogP contribution in [-0.4, -0.2) is 61.9 Å². The summed E-state index contributed by atoms with van der Waals surface area (Å²) in [5.41, 5.74) is 3.21. The highest BCUT2D eigenvalue weighted by atomic mass is 19.4. The summed E-state index contributed by atoms with van der Waals surface area (Å²) in [6, 6.07) is 45.2. The van der Waals surface area contributed by atoms with Crippen molar-refractivity contribution in [3.8, 4) is 0 Å². The van der Waals surface area contributed by atoms with Crippen molar-refractivity contribution < 1.29 is 27.6 Å². The molecule has 3 saturated heterocycles. The first-order valence-electron chi connectivity index (χ1n) is 22.6. The number of anilines is 1. The lowest BCUT2D eigenvalue weighted by Crippen LogP contribution is -2.54. The molecule has 0 aliphatic carbocycles.